The second kappa shape index (κ2) is 12.8. The molecule has 0 saturated heterocycles. The van der Waals surface area contributed by atoms with E-state index in [0.29, 0.717) is 12.2 Å². The number of aliphatic carboxylic acids is 1. The first-order valence-electron chi connectivity index (χ1n) is 15.0. The zero-order valence-corrected chi connectivity index (χ0v) is 26.9. The van der Waals surface area contributed by atoms with E-state index in [9.17, 15) is 19.8 Å². The third-order valence-electron chi connectivity index (χ3n) is 7.41. The number of ether oxygens (including phenoxy) is 1. The zero-order chi connectivity index (χ0) is 32.4. The number of benzene rings is 1. The SMILES string of the molecule is CCn1c(-c2cccnc2C(C)C)c(CC(C)(C)CO)c2cc(-c3cnc(C[C@H](NC(=O)OC(C)(C)C)C(=O)O)o3)ccc21. The molecular formula is C34H44N4O6. The van der Waals surface area contributed by atoms with Gasteiger partial charge in [0.1, 0.15) is 11.6 Å². The number of nitrogens with one attached hydrogen (secondary N) is 1. The molecule has 0 spiro atoms. The Bertz CT molecular complexity index is 1640. The topological polar surface area (TPSA) is 140 Å². The molecule has 3 N–H and O–H groups in total. The van der Waals surface area contributed by atoms with Gasteiger partial charge in [0, 0.05) is 41.4 Å². The van der Waals surface area contributed by atoms with Gasteiger partial charge in [-0.3, -0.25) is 4.98 Å². The lowest BCUT2D eigenvalue weighted by molar-refractivity contribution is -0.139. The number of hydrogen-bond donors (Lipinski definition) is 3. The van der Waals surface area contributed by atoms with Crippen LogP contribution in [0.1, 0.15) is 78.5 Å². The summed E-state index contributed by atoms with van der Waals surface area (Å²) in [5.74, 6) is -0.353. The molecule has 236 valence electrons. The third-order valence-corrected chi connectivity index (χ3v) is 7.41. The van der Waals surface area contributed by atoms with E-state index in [1.807, 2.05) is 18.3 Å². The van der Waals surface area contributed by atoms with Crippen LogP contribution in [0.3, 0.4) is 0 Å². The highest BCUT2D eigenvalue weighted by molar-refractivity contribution is 5.95. The molecule has 0 aliphatic heterocycles. The van der Waals surface area contributed by atoms with Crippen LogP contribution in [0.5, 0.6) is 0 Å². The number of aromatic nitrogens is 3. The summed E-state index contributed by atoms with van der Waals surface area (Å²) in [4.78, 5) is 33.2. The summed E-state index contributed by atoms with van der Waals surface area (Å²) in [6.07, 6.45) is 3.05. The Hall–Kier alpha value is -4.18. The maximum atomic E-state index is 12.2. The van der Waals surface area contributed by atoms with Crippen LogP contribution < -0.4 is 5.32 Å². The fourth-order valence-electron chi connectivity index (χ4n) is 5.37. The average Bonchev–Trinajstić information content (AvgIpc) is 3.53. The van der Waals surface area contributed by atoms with Gasteiger partial charge in [-0.15, -0.1) is 0 Å². The predicted molar refractivity (Wildman–Crippen MR) is 169 cm³/mol. The minimum absolute atomic E-state index is 0.0303. The van der Waals surface area contributed by atoms with Crippen molar-refractivity contribution < 1.29 is 29.0 Å². The van der Waals surface area contributed by atoms with E-state index in [2.05, 4.69) is 67.7 Å². The number of aliphatic hydroxyl groups is 1. The van der Waals surface area contributed by atoms with Crippen molar-refractivity contribution in [1.29, 1.82) is 0 Å². The van der Waals surface area contributed by atoms with Gasteiger partial charge in [-0.1, -0.05) is 27.7 Å². The molecule has 10 heteroatoms. The molecule has 3 heterocycles. The molecule has 0 saturated carbocycles. The highest BCUT2D eigenvalue weighted by Crippen LogP contribution is 2.41. The van der Waals surface area contributed by atoms with Crippen LogP contribution in [0, 0.1) is 5.41 Å². The van der Waals surface area contributed by atoms with Gasteiger partial charge in [-0.2, -0.15) is 0 Å². The summed E-state index contributed by atoms with van der Waals surface area (Å²) >= 11 is 0. The quantitative estimate of drug-likeness (QED) is 0.174. The molecule has 10 nitrogen and oxygen atoms in total. The maximum absolute atomic E-state index is 12.2. The number of alkyl carbamates (subject to hydrolysis) is 1. The van der Waals surface area contributed by atoms with Crippen molar-refractivity contribution >= 4 is 23.0 Å². The monoisotopic (exact) mass is 604 g/mol. The van der Waals surface area contributed by atoms with Crippen molar-refractivity contribution in [2.75, 3.05) is 6.61 Å². The van der Waals surface area contributed by atoms with Gasteiger partial charge < -0.3 is 29.3 Å². The number of carboxylic acids is 1. The summed E-state index contributed by atoms with van der Waals surface area (Å²) in [5.41, 5.74) is 4.99. The standard InChI is InChI=1S/C34H44N4O6/c1-9-38-26-13-12-21(27-18-36-28(43-27)16-25(31(40)41)37-32(42)44-33(4,5)6)15-23(26)24(17-34(7,8)19-39)30(38)22-11-10-14-35-29(22)20(2)3/h10-15,18,20,25,39H,9,16-17,19H2,1-8H3,(H,37,42)(H,40,41)/t25-/m0/s1. The lowest BCUT2D eigenvalue weighted by atomic mass is 9.84. The first kappa shape index (κ1) is 32.7. The van der Waals surface area contributed by atoms with E-state index in [1.165, 1.54) is 0 Å². The normalized spacial score (nSPS) is 13.0. The van der Waals surface area contributed by atoms with Crippen LogP contribution in [0.25, 0.3) is 33.5 Å². The van der Waals surface area contributed by atoms with Crippen molar-refractivity contribution in [2.45, 2.75) is 92.3 Å². The van der Waals surface area contributed by atoms with Crippen LogP contribution in [-0.4, -0.2) is 55.1 Å². The van der Waals surface area contributed by atoms with E-state index in [1.54, 1.807) is 27.0 Å². The van der Waals surface area contributed by atoms with E-state index in [4.69, 9.17) is 14.1 Å². The Balaban J connectivity index is 1.78. The number of amides is 1. The summed E-state index contributed by atoms with van der Waals surface area (Å²) in [6.45, 7) is 16.4. The number of carboxylic acid groups (broad SMARTS) is 1. The number of carbonyl (C=O) groups excluding carboxylic acids is 1. The molecule has 1 amide bonds. The molecule has 4 rings (SSSR count). The summed E-state index contributed by atoms with van der Waals surface area (Å²) < 4.78 is 13.5. The van der Waals surface area contributed by atoms with Crippen LogP contribution in [0.2, 0.25) is 0 Å². The largest absolute Gasteiger partial charge is 0.480 e. The molecule has 0 unspecified atom stereocenters. The second-order valence-electron chi connectivity index (χ2n) is 13.3. The maximum Gasteiger partial charge on any atom is 0.408 e. The number of hydrogen-bond acceptors (Lipinski definition) is 7. The van der Waals surface area contributed by atoms with Crippen LogP contribution in [0.4, 0.5) is 4.79 Å². The number of rotatable bonds is 11. The number of oxazole rings is 1. The van der Waals surface area contributed by atoms with Crippen molar-refractivity contribution in [3.05, 3.63) is 59.9 Å². The number of pyridine rings is 1. The molecule has 1 aromatic carbocycles. The van der Waals surface area contributed by atoms with Crippen LogP contribution >= 0.6 is 0 Å². The van der Waals surface area contributed by atoms with Gasteiger partial charge in [0.2, 0.25) is 0 Å². The van der Waals surface area contributed by atoms with Gasteiger partial charge in [-0.25, -0.2) is 14.6 Å². The fourth-order valence-corrected chi connectivity index (χ4v) is 5.37. The number of nitrogens with zero attached hydrogens (tertiary/aromatic N) is 3. The average molecular weight is 605 g/mol. The number of aliphatic hydroxyl groups excluding tert-OH is 1. The Kier molecular flexibility index (Phi) is 9.53. The van der Waals surface area contributed by atoms with Gasteiger partial charge in [0.15, 0.2) is 11.7 Å². The molecule has 1 atom stereocenters. The van der Waals surface area contributed by atoms with Gasteiger partial charge in [-0.05, 0) is 81.3 Å². The Morgan fingerprint density at radius 3 is 2.45 bits per heavy atom. The predicted octanol–water partition coefficient (Wildman–Crippen LogP) is 6.58. The molecule has 0 radical (unpaired) electrons. The van der Waals surface area contributed by atoms with Gasteiger partial charge in [0.25, 0.3) is 0 Å². The molecule has 0 aliphatic rings. The summed E-state index contributed by atoms with van der Waals surface area (Å²) in [5, 5.41) is 23.4. The fraction of sp³-hybridized carbons (Fsp3) is 0.471. The molecular weight excluding hydrogens is 560 g/mol. The minimum Gasteiger partial charge on any atom is -0.480 e. The molecule has 44 heavy (non-hydrogen) atoms. The lowest BCUT2D eigenvalue weighted by Gasteiger charge is -2.23. The van der Waals surface area contributed by atoms with Crippen LogP contribution in [0.15, 0.2) is 47.1 Å². The second-order valence-corrected chi connectivity index (χ2v) is 13.3. The molecule has 0 aliphatic carbocycles. The van der Waals surface area contributed by atoms with Crippen LogP contribution in [-0.2, 0) is 28.9 Å². The Morgan fingerprint density at radius 2 is 1.84 bits per heavy atom. The first-order chi connectivity index (χ1) is 20.6. The highest BCUT2D eigenvalue weighted by Gasteiger charge is 2.28. The third kappa shape index (κ3) is 7.30. The number of fused-ring (bicyclic) bond motifs is 1. The lowest BCUT2D eigenvalue weighted by Crippen LogP contribution is -2.44. The van der Waals surface area contributed by atoms with E-state index < -0.39 is 23.7 Å². The number of carbonyl (C=O) groups is 2. The van der Waals surface area contributed by atoms with Crippen molar-refractivity contribution in [2.24, 2.45) is 5.41 Å². The first-order valence-corrected chi connectivity index (χ1v) is 15.0. The molecule has 4 aromatic rings. The molecule has 0 fully saturated rings. The van der Waals surface area contributed by atoms with E-state index in [0.717, 1.165) is 45.5 Å². The van der Waals surface area contributed by atoms with Gasteiger partial charge in [0.05, 0.1) is 24.0 Å². The smallest absolute Gasteiger partial charge is 0.408 e. The highest BCUT2D eigenvalue weighted by atomic mass is 16.6. The zero-order valence-electron chi connectivity index (χ0n) is 26.9. The van der Waals surface area contributed by atoms with Gasteiger partial charge >= 0.3 is 12.1 Å². The number of aryl methyl sites for hydroxylation is 1. The summed E-state index contributed by atoms with van der Waals surface area (Å²) in [7, 11) is 0. The van der Waals surface area contributed by atoms with Crippen molar-refractivity contribution in [1.82, 2.24) is 19.9 Å². The Labute approximate surface area is 258 Å². The Morgan fingerprint density at radius 1 is 1.11 bits per heavy atom. The molecule has 3 aromatic heterocycles. The molecule has 0 bridgehead atoms. The van der Waals surface area contributed by atoms with E-state index >= 15 is 0 Å². The minimum atomic E-state index is -1.28. The summed E-state index contributed by atoms with van der Waals surface area (Å²) in [6, 6.07) is 8.89. The van der Waals surface area contributed by atoms with E-state index in [-0.39, 0.29) is 30.3 Å². The van der Waals surface area contributed by atoms with Crippen molar-refractivity contribution in [3.63, 3.8) is 0 Å². The van der Waals surface area contributed by atoms with Crippen molar-refractivity contribution in [3.8, 4) is 22.6 Å².